The molecule has 0 spiro atoms. The van der Waals surface area contributed by atoms with Crippen molar-refractivity contribution in [1.29, 1.82) is 0 Å². The summed E-state index contributed by atoms with van der Waals surface area (Å²) in [6.45, 7) is 2.79. The highest BCUT2D eigenvalue weighted by Crippen LogP contribution is 2.25. The molecule has 198 valence electrons. The minimum absolute atomic E-state index is 0.0714. The lowest BCUT2D eigenvalue weighted by Crippen LogP contribution is -2.26. The van der Waals surface area contributed by atoms with Crippen LogP contribution in [0.1, 0.15) is 23.6 Å². The van der Waals surface area contributed by atoms with Crippen LogP contribution in [0.2, 0.25) is 0 Å². The van der Waals surface area contributed by atoms with Crippen molar-refractivity contribution < 1.29 is 24.2 Å². The number of oxime groups is 1. The Labute approximate surface area is 232 Å². The number of carboxylic acid groups (broad SMARTS) is 1. The summed E-state index contributed by atoms with van der Waals surface area (Å²) in [7, 11) is 1.51. The van der Waals surface area contributed by atoms with E-state index in [4.69, 9.17) is 14.3 Å². The molecule has 0 fully saturated rings. The summed E-state index contributed by atoms with van der Waals surface area (Å²) in [6, 6.07) is 20.8. The van der Waals surface area contributed by atoms with Crippen LogP contribution in [0.25, 0.3) is 10.2 Å². The first-order valence-electron chi connectivity index (χ1n) is 12.0. The second kappa shape index (κ2) is 12.9. The Morgan fingerprint density at radius 3 is 2.58 bits per heavy atom. The number of aromatic nitrogens is 1. The first kappa shape index (κ1) is 27.6. The molecule has 38 heavy (non-hydrogen) atoms. The van der Waals surface area contributed by atoms with E-state index in [-0.39, 0.29) is 11.3 Å². The van der Waals surface area contributed by atoms with Crippen LogP contribution in [-0.4, -0.2) is 47.8 Å². The smallest absolute Gasteiger partial charge is 0.333 e. The Kier molecular flexibility index (Phi) is 9.33. The third kappa shape index (κ3) is 6.50. The maximum absolute atomic E-state index is 12.8. The predicted molar refractivity (Wildman–Crippen MR) is 152 cm³/mol. The Balaban J connectivity index is 1.45. The maximum atomic E-state index is 12.8. The van der Waals surface area contributed by atoms with Crippen LogP contribution in [0.15, 0.2) is 81.2 Å². The highest BCUT2D eigenvalue weighted by molar-refractivity contribution is 9.10. The topological polar surface area (TPSA) is 99.4 Å². The second-order valence-corrected chi connectivity index (χ2v) is 10.1. The van der Waals surface area contributed by atoms with Crippen molar-refractivity contribution in [2.75, 3.05) is 20.3 Å². The Bertz CT molecular complexity index is 1500. The van der Waals surface area contributed by atoms with Crippen LogP contribution < -0.4 is 9.61 Å². The number of benzene rings is 3. The summed E-state index contributed by atoms with van der Waals surface area (Å²) in [5, 5.41) is 13.5. The summed E-state index contributed by atoms with van der Waals surface area (Å²) in [5.41, 5.74) is 4.05. The van der Waals surface area contributed by atoms with Gasteiger partial charge in [-0.3, -0.25) is 9.36 Å². The molecule has 1 aromatic heterocycles. The molecule has 4 rings (SSSR count). The van der Waals surface area contributed by atoms with Gasteiger partial charge in [0.25, 0.3) is 0 Å². The van der Waals surface area contributed by atoms with Crippen molar-refractivity contribution in [3.8, 4) is 5.75 Å². The van der Waals surface area contributed by atoms with Gasteiger partial charge in [-0.25, -0.2) is 4.79 Å². The largest absolute Gasteiger partial charge is 0.492 e. The summed E-state index contributed by atoms with van der Waals surface area (Å²) < 4.78 is 14.6. The summed E-state index contributed by atoms with van der Waals surface area (Å²) in [5.74, 6) is -0.344. The normalized spacial score (nSPS) is 12.4. The maximum Gasteiger partial charge on any atom is 0.333 e. The summed E-state index contributed by atoms with van der Waals surface area (Å²) >= 11 is 4.74. The number of carbonyl (C=O) groups is 1. The molecule has 0 saturated heterocycles. The van der Waals surface area contributed by atoms with E-state index < -0.39 is 12.1 Å². The van der Waals surface area contributed by atoms with E-state index in [1.54, 1.807) is 23.6 Å². The molecule has 0 aliphatic rings. The minimum atomic E-state index is -0.983. The van der Waals surface area contributed by atoms with Crippen molar-refractivity contribution in [3.63, 3.8) is 0 Å². The predicted octanol–water partition coefficient (Wildman–Crippen LogP) is 5.34. The highest BCUT2D eigenvalue weighted by Gasteiger charge is 2.18. The van der Waals surface area contributed by atoms with E-state index in [0.717, 1.165) is 31.4 Å². The SMILES string of the molecule is CCOC(Cc1ccc(OCCn2c(=O)sc3cc(/C(=N\OC)c4ccccc4Br)ccc32)cc1)C(=O)O. The van der Waals surface area contributed by atoms with Crippen molar-refractivity contribution in [1.82, 2.24) is 4.57 Å². The third-order valence-electron chi connectivity index (χ3n) is 5.82. The van der Waals surface area contributed by atoms with Gasteiger partial charge in [0, 0.05) is 28.6 Å². The quantitative estimate of drug-likeness (QED) is 0.175. The lowest BCUT2D eigenvalue weighted by molar-refractivity contribution is -0.149. The number of nitrogens with zero attached hydrogens (tertiary/aromatic N) is 2. The standard InChI is InChI=1S/C28H27BrN2O6S/c1-3-36-24(27(32)33)16-18-8-11-20(12-9-18)37-15-14-31-23-13-10-19(17-25(23)38-28(31)34)26(30-35-2)21-6-4-5-7-22(21)29/h4-13,17,24H,3,14-16H2,1-2H3,(H,32,33)/b30-26+. The number of hydrogen-bond acceptors (Lipinski definition) is 7. The van der Waals surface area contributed by atoms with Gasteiger partial charge in [-0.15, -0.1) is 0 Å². The molecule has 1 unspecified atom stereocenters. The molecule has 4 aromatic rings. The van der Waals surface area contributed by atoms with E-state index in [0.29, 0.717) is 31.2 Å². The van der Waals surface area contributed by atoms with Crippen molar-refractivity contribution in [3.05, 3.63) is 97.6 Å². The highest BCUT2D eigenvalue weighted by atomic mass is 79.9. The lowest BCUT2D eigenvalue weighted by atomic mass is 10.0. The third-order valence-corrected chi connectivity index (χ3v) is 7.46. The van der Waals surface area contributed by atoms with Crippen molar-refractivity contribution in [2.24, 2.45) is 5.16 Å². The van der Waals surface area contributed by atoms with Gasteiger partial charge in [-0.2, -0.15) is 0 Å². The number of thiazole rings is 1. The monoisotopic (exact) mass is 598 g/mol. The zero-order valence-corrected chi connectivity index (χ0v) is 23.3. The molecule has 0 aliphatic carbocycles. The first-order chi connectivity index (χ1) is 18.4. The van der Waals surface area contributed by atoms with E-state index in [9.17, 15) is 14.7 Å². The van der Waals surface area contributed by atoms with E-state index in [2.05, 4.69) is 21.1 Å². The fourth-order valence-corrected chi connectivity index (χ4v) is 5.47. The van der Waals surface area contributed by atoms with Crippen LogP contribution in [0, 0.1) is 0 Å². The second-order valence-electron chi connectivity index (χ2n) is 8.28. The zero-order valence-electron chi connectivity index (χ0n) is 20.9. The lowest BCUT2D eigenvalue weighted by Gasteiger charge is -2.13. The van der Waals surface area contributed by atoms with Crippen LogP contribution in [0.3, 0.4) is 0 Å². The molecule has 0 aliphatic heterocycles. The van der Waals surface area contributed by atoms with E-state index in [1.165, 1.54) is 18.4 Å². The molecule has 0 bridgehead atoms. The van der Waals surface area contributed by atoms with E-state index in [1.807, 2.05) is 54.6 Å². The van der Waals surface area contributed by atoms with Crippen molar-refractivity contribution >= 4 is 49.2 Å². The number of rotatable bonds is 12. The average molecular weight is 600 g/mol. The number of aliphatic carboxylic acids is 1. The molecule has 1 N–H and O–H groups in total. The molecular formula is C28H27BrN2O6S. The molecule has 8 nitrogen and oxygen atoms in total. The molecule has 0 amide bonds. The zero-order chi connectivity index (χ0) is 27.1. The molecule has 3 aromatic carbocycles. The molecule has 1 atom stereocenters. The Morgan fingerprint density at radius 2 is 1.89 bits per heavy atom. The van der Waals surface area contributed by atoms with Gasteiger partial charge in [0.1, 0.15) is 25.2 Å². The number of hydrogen-bond donors (Lipinski definition) is 1. The van der Waals surface area contributed by atoms with Gasteiger partial charge in [-0.1, -0.05) is 68.8 Å². The fourth-order valence-electron chi connectivity index (χ4n) is 4.04. The number of carboxylic acids is 1. The summed E-state index contributed by atoms with van der Waals surface area (Å²) in [4.78, 5) is 29.1. The van der Waals surface area contributed by atoms with Gasteiger partial charge in [0.05, 0.1) is 16.8 Å². The number of halogens is 1. The molecular weight excluding hydrogens is 572 g/mol. The van der Waals surface area contributed by atoms with Gasteiger partial charge in [-0.05, 0) is 42.8 Å². The van der Waals surface area contributed by atoms with Gasteiger partial charge in [0.15, 0.2) is 6.10 Å². The van der Waals surface area contributed by atoms with Gasteiger partial charge in [0.2, 0.25) is 0 Å². The van der Waals surface area contributed by atoms with Gasteiger partial charge < -0.3 is 19.4 Å². The number of fused-ring (bicyclic) bond motifs is 1. The molecule has 1 heterocycles. The van der Waals surface area contributed by atoms with E-state index >= 15 is 0 Å². The van der Waals surface area contributed by atoms with Crippen LogP contribution in [-0.2, 0) is 27.3 Å². The Hall–Kier alpha value is -3.47. The van der Waals surface area contributed by atoms with Crippen molar-refractivity contribution in [2.45, 2.75) is 26.0 Å². The Morgan fingerprint density at radius 1 is 1.13 bits per heavy atom. The van der Waals surface area contributed by atoms with Crippen LogP contribution in [0.5, 0.6) is 5.75 Å². The van der Waals surface area contributed by atoms with Gasteiger partial charge >= 0.3 is 10.8 Å². The fraction of sp³-hybridized carbons (Fsp3) is 0.250. The molecule has 0 radical (unpaired) electrons. The summed E-state index contributed by atoms with van der Waals surface area (Å²) in [6.07, 6.45) is -0.600. The van der Waals surface area contributed by atoms with Crippen LogP contribution >= 0.6 is 27.3 Å². The van der Waals surface area contributed by atoms with Crippen LogP contribution in [0.4, 0.5) is 0 Å². The minimum Gasteiger partial charge on any atom is -0.492 e. The number of ether oxygens (including phenoxy) is 2. The first-order valence-corrected chi connectivity index (χ1v) is 13.6. The molecule has 0 saturated carbocycles. The average Bonchev–Trinajstić information content (AvgIpc) is 3.22. The molecule has 10 heteroatoms.